The lowest BCUT2D eigenvalue weighted by molar-refractivity contribution is 0.119. The van der Waals surface area contributed by atoms with Crippen molar-refractivity contribution in [3.8, 4) is 0 Å². The number of nitrogens with zero attached hydrogens (tertiary/aromatic N) is 2. The van der Waals surface area contributed by atoms with Crippen molar-refractivity contribution in [1.29, 1.82) is 5.41 Å². The molecule has 0 amide bonds. The Hall–Kier alpha value is -1.82. The Labute approximate surface area is 105 Å². The Bertz CT molecular complexity index is 378. The number of aliphatic imine (C=N–C) groups is 1. The Morgan fingerprint density at radius 2 is 1.88 bits per heavy atom. The van der Waals surface area contributed by atoms with Crippen LogP contribution < -0.4 is 11.5 Å². The molecule has 1 aromatic rings. The number of rotatable bonds is 3. The minimum atomic E-state index is -0.587. The fourth-order valence-electron chi connectivity index (χ4n) is 1.15. The van der Waals surface area contributed by atoms with Crippen molar-refractivity contribution in [1.82, 2.24) is 5.12 Å². The summed E-state index contributed by atoms with van der Waals surface area (Å²) < 4.78 is 13.2. The van der Waals surface area contributed by atoms with E-state index in [0.29, 0.717) is 6.42 Å². The molecule has 0 radical (unpaired) electrons. The smallest absolute Gasteiger partial charge is 0.249 e. The Balaban J connectivity index is 0.00000256. The van der Waals surface area contributed by atoms with Gasteiger partial charge in [-0.15, -0.1) is 12.4 Å². The molecule has 0 saturated carbocycles. The molecule has 0 bridgehead atoms. The minimum Gasteiger partial charge on any atom is -0.370 e. The first-order valence-electron chi connectivity index (χ1n) is 4.75. The molecule has 0 aliphatic heterocycles. The van der Waals surface area contributed by atoms with Crippen LogP contribution in [-0.2, 0) is 6.42 Å². The van der Waals surface area contributed by atoms with Crippen LogP contribution in [0.25, 0.3) is 0 Å². The van der Waals surface area contributed by atoms with Gasteiger partial charge in [0.2, 0.25) is 5.96 Å². The highest BCUT2D eigenvalue weighted by Crippen LogP contribution is 2.02. The molecule has 5 nitrogen and oxygen atoms in total. The average Bonchev–Trinajstić information content (AvgIpc) is 2.26. The molecule has 17 heavy (non-hydrogen) atoms. The second-order valence-electron chi connectivity index (χ2n) is 3.18. The van der Waals surface area contributed by atoms with E-state index in [1.165, 1.54) is 0 Å². The molecule has 7 heteroatoms. The monoisotopic (exact) mass is 259 g/mol. The van der Waals surface area contributed by atoms with E-state index in [9.17, 15) is 4.48 Å². The van der Waals surface area contributed by atoms with Gasteiger partial charge in [-0.2, -0.15) is 10.1 Å². The highest BCUT2D eigenvalue weighted by molar-refractivity contribution is 5.91. The zero-order valence-electron chi connectivity index (χ0n) is 9.14. The fraction of sp³-hybridized carbons (Fsp3) is 0.200. The third kappa shape index (κ3) is 5.72. The van der Waals surface area contributed by atoms with Crippen molar-refractivity contribution in [2.24, 2.45) is 16.5 Å². The molecule has 0 heterocycles. The standard InChI is InChI=1S/C10H14FN5.ClH/c11-16(10(14)15-9(12)13)7-6-8-4-2-1-3-5-8;/h1-5H,6-7H2,(H5,12,13,14,15);1H. The number of nitrogens with one attached hydrogen (secondary N) is 1. The third-order valence-corrected chi connectivity index (χ3v) is 1.90. The number of benzene rings is 1. The van der Waals surface area contributed by atoms with Crippen LogP contribution in [0.1, 0.15) is 5.56 Å². The first kappa shape index (κ1) is 15.2. The summed E-state index contributed by atoms with van der Waals surface area (Å²) in [6.45, 7) is 0.0413. The molecule has 1 rings (SSSR count). The molecule has 0 aliphatic carbocycles. The van der Waals surface area contributed by atoms with Crippen LogP contribution in [0.2, 0.25) is 0 Å². The summed E-state index contributed by atoms with van der Waals surface area (Å²) in [5.74, 6) is -0.914. The summed E-state index contributed by atoms with van der Waals surface area (Å²) in [4.78, 5) is 3.30. The summed E-state index contributed by atoms with van der Waals surface area (Å²) in [6.07, 6.45) is 0.486. The Morgan fingerprint density at radius 1 is 1.29 bits per heavy atom. The van der Waals surface area contributed by atoms with E-state index < -0.39 is 5.96 Å². The van der Waals surface area contributed by atoms with E-state index >= 15 is 0 Å². The van der Waals surface area contributed by atoms with Crippen LogP contribution in [0.3, 0.4) is 0 Å². The minimum absolute atomic E-state index is 0. The highest BCUT2D eigenvalue weighted by atomic mass is 35.5. The molecule has 0 atom stereocenters. The lowest BCUT2D eigenvalue weighted by atomic mass is 10.1. The van der Waals surface area contributed by atoms with Crippen LogP contribution in [0, 0.1) is 5.41 Å². The van der Waals surface area contributed by atoms with Gasteiger partial charge < -0.3 is 11.5 Å². The van der Waals surface area contributed by atoms with Crippen LogP contribution in [0.15, 0.2) is 35.3 Å². The SMILES string of the molecule is Cl.N=C(N=C(N)N)N(F)CCc1ccccc1. The molecule has 0 unspecified atom stereocenters. The molecule has 0 saturated heterocycles. The predicted octanol–water partition coefficient (Wildman–Crippen LogP) is 1.05. The van der Waals surface area contributed by atoms with Crippen molar-refractivity contribution in [3.63, 3.8) is 0 Å². The molecule has 94 valence electrons. The van der Waals surface area contributed by atoms with Gasteiger partial charge in [0, 0.05) is 0 Å². The molecular formula is C10H15ClFN5. The quantitative estimate of drug-likeness (QED) is 0.430. The molecule has 0 aliphatic rings. The van der Waals surface area contributed by atoms with Gasteiger partial charge in [0.25, 0.3) is 0 Å². The zero-order chi connectivity index (χ0) is 12.0. The van der Waals surface area contributed by atoms with Crippen molar-refractivity contribution in [2.45, 2.75) is 6.42 Å². The molecule has 0 aromatic heterocycles. The summed E-state index contributed by atoms with van der Waals surface area (Å²) in [6, 6.07) is 9.41. The lowest BCUT2D eigenvalue weighted by Gasteiger charge is -2.11. The summed E-state index contributed by atoms with van der Waals surface area (Å²) in [7, 11) is 0. The summed E-state index contributed by atoms with van der Waals surface area (Å²) in [5.41, 5.74) is 11.1. The van der Waals surface area contributed by atoms with Gasteiger partial charge in [-0.3, -0.25) is 5.41 Å². The first-order valence-corrected chi connectivity index (χ1v) is 4.75. The molecular weight excluding hydrogens is 245 g/mol. The largest absolute Gasteiger partial charge is 0.370 e. The molecule has 1 aromatic carbocycles. The number of hydrogen-bond donors (Lipinski definition) is 3. The van der Waals surface area contributed by atoms with Gasteiger partial charge >= 0.3 is 0 Å². The predicted molar refractivity (Wildman–Crippen MR) is 68.7 cm³/mol. The number of halogens is 2. The number of hydrogen-bond acceptors (Lipinski definition) is 1. The van der Waals surface area contributed by atoms with Crippen LogP contribution in [0.5, 0.6) is 0 Å². The van der Waals surface area contributed by atoms with E-state index in [1.807, 2.05) is 30.3 Å². The van der Waals surface area contributed by atoms with Crippen LogP contribution in [0.4, 0.5) is 4.48 Å². The molecule has 0 spiro atoms. The van der Waals surface area contributed by atoms with E-state index in [1.54, 1.807) is 0 Å². The molecule has 5 N–H and O–H groups in total. The number of nitrogens with two attached hydrogens (primary N) is 2. The first-order chi connectivity index (χ1) is 7.59. The van der Waals surface area contributed by atoms with Crippen molar-refractivity contribution >= 4 is 24.3 Å². The van der Waals surface area contributed by atoms with Gasteiger partial charge in [-0.1, -0.05) is 34.8 Å². The van der Waals surface area contributed by atoms with E-state index in [0.717, 1.165) is 5.56 Å². The average molecular weight is 260 g/mol. The summed E-state index contributed by atoms with van der Waals surface area (Å²) in [5, 5.41) is 7.40. The van der Waals surface area contributed by atoms with Gasteiger partial charge in [-0.25, -0.2) is 0 Å². The Kier molecular flexibility index (Phi) is 6.65. The molecule has 0 fully saturated rings. The number of guanidine groups is 2. The fourth-order valence-corrected chi connectivity index (χ4v) is 1.15. The van der Waals surface area contributed by atoms with Gasteiger partial charge in [0.05, 0.1) is 6.54 Å². The Morgan fingerprint density at radius 3 is 2.41 bits per heavy atom. The zero-order valence-corrected chi connectivity index (χ0v) is 9.95. The van der Waals surface area contributed by atoms with Gasteiger partial charge in [0.15, 0.2) is 5.96 Å². The van der Waals surface area contributed by atoms with Crippen LogP contribution in [-0.4, -0.2) is 23.6 Å². The second-order valence-corrected chi connectivity index (χ2v) is 3.18. The van der Waals surface area contributed by atoms with Crippen LogP contribution >= 0.6 is 12.4 Å². The van der Waals surface area contributed by atoms with Gasteiger partial charge in [0.1, 0.15) is 0 Å². The maximum Gasteiger partial charge on any atom is 0.249 e. The van der Waals surface area contributed by atoms with Crippen molar-refractivity contribution < 1.29 is 4.48 Å². The van der Waals surface area contributed by atoms with E-state index in [-0.39, 0.29) is 30.0 Å². The normalized spacial score (nSPS) is 9.00. The topological polar surface area (TPSA) is 91.5 Å². The maximum absolute atomic E-state index is 13.2. The van der Waals surface area contributed by atoms with E-state index in [2.05, 4.69) is 4.99 Å². The maximum atomic E-state index is 13.2. The highest BCUT2D eigenvalue weighted by Gasteiger charge is 2.07. The van der Waals surface area contributed by atoms with E-state index in [4.69, 9.17) is 16.9 Å². The van der Waals surface area contributed by atoms with Crippen molar-refractivity contribution in [3.05, 3.63) is 35.9 Å². The summed E-state index contributed by atoms with van der Waals surface area (Å²) >= 11 is 0. The van der Waals surface area contributed by atoms with Crippen molar-refractivity contribution in [2.75, 3.05) is 6.54 Å². The third-order valence-electron chi connectivity index (χ3n) is 1.90. The second kappa shape index (κ2) is 7.45. The van der Waals surface area contributed by atoms with Gasteiger partial charge in [-0.05, 0) is 12.0 Å². The lowest BCUT2D eigenvalue weighted by Crippen LogP contribution is -2.29.